The van der Waals surface area contributed by atoms with Crippen molar-refractivity contribution in [3.63, 3.8) is 0 Å². The summed E-state index contributed by atoms with van der Waals surface area (Å²) in [6.45, 7) is 3.52. The van der Waals surface area contributed by atoms with Gasteiger partial charge in [0.2, 0.25) is 5.91 Å². The summed E-state index contributed by atoms with van der Waals surface area (Å²) in [6, 6.07) is 7.22. The van der Waals surface area contributed by atoms with E-state index in [0.29, 0.717) is 5.02 Å². The van der Waals surface area contributed by atoms with Crippen LogP contribution in [0.25, 0.3) is 0 Å². The third-order valence-corrected chi connectivity index (χ3v) is 2.40. The summed E-state index contributed by atoms with van der Waals surface area (Å²) < 4.78 is 0. The van der Waals surface area contributed by atoms with E-state index < -0.39 is 5.60 Å². The third kappa shape index (κ3) is 4.64. The van der Waals surface area contributed by atoms with Gasteiger partial charge in [0.05, 0.1) is 12.0 Å². The van der Waals surface area contributed by atoms with Crippen LogP contribution in [0.2, 0.25) is 5.02 Å². The first-order valence-corrected chi connectivity index (χ1v) is 5.49. The van der Waals surface area contributed by atoms with Gasteiger partial charge in [-0.2, -0.15) is 0 Å². The molecule has 0 aliphatic carbocycles. The maximum Gasteiger partial charge on any atom is 0.224 e. The Morgan fingerprint density at radius 2 is 2.06 bits per heavy atom. The first-order chi connectivity index (χ1) is 7.38. The van der Waals surface area contributed by atoms with Gasteiger partial charge in [-0.05, 0) is 25.5 Å². The van der Waals surface area contributed by atoms with Crippen LogP contribution in [0.15, 0.2) is 24.3 Å². The molecule has 88 valence electrons. The number of carbonyl (C=O) groups excluding carboxylic acids is 1. The van der Waals surface area contributed by atoms with Crippen molar-refractivity contribution in [1.82, 2.24) is 5.32 Å². The minimum absolute atomic E-state index is 0.143. The fourth-order valence-electron chi connectivity index (χ4n) is 1.19. The van der Waals surface area contributed by atoms with E-state index in [0.717, 1.165) is 5.56 Å². The Hall–Kier alpha value is -1.06. The van der Waals surface area contributed by atoms with Crippen molar-refractivity contribution in [3.05, 3.63) is 34.9 Å². The largest absolute Gasteiger partial charge is 0.389 e. The molecule has 1 aromatic carbocycles. The van der Waals surface area contributed by atoms with E-state index in [4.69, 9.17) is 11.6 Å². The topological polar surface area (TPSA) is 49.3 Å². The smallest absolute Gasteiger partial charge is 0.224 e. The van der Waals surface area contributed by atoms with Crippen molar-refractivity contribution in [1.29, 1.82) is 0 Å². The van der Waals surface area contributed by atoms with Gasteiger partial charge in [-0.3, -0.25) is 4.79 Å². The number of hydrogen-bond acceptors (Lipinski definition) is 2. The molecule has 0 spiro atoms. The molecule has 0 atom stereocenters. The monoisotopic (exact) mass is 241 g/mol. The molecular formula is C12H16ClNO2. The van der Waals surface area contributed by atoms with Gasteiger partial charge in [0, 0.05) is 11.6 Å². The molecular weight excluding hydrogens is 226 g/mol. The molecule has 0 saturated heterocycles. The number of rotatable bonds is 4. The molecule has 0 unspecified atom stereocenters. The average molecular weight is 242 g/mol. The van der Waals surface area contributed by atoms with Crippen LogP contribution in [0.5, 0.6) is 0 Å². The van der Waals surface area contributed by atoms with Crippen molar-refractivity contribution in [2.24, 2.45) is 0 Å². The van der Waals surface area contributed by atoms with Gasteiger partial charge in [0.1, 0.15) is 0 Å². The number of benzene rings is 1. The number of carbonyl (C=O) groups is 1. The minimum Gasteiger partial charge on any atom is -0.389 e. The highest BCUT2D eigenvalue weighted by Gasteiger charge is 2.14. The molecule has 0 radical (unpaired) electrons. The Balaban J connectivity index is 2.50. The molecule has 0 saturated carbocycles. The van der Waals surface area contributed by atoms with Gasteiger partial charge in [0.25, 0.3) is 0 Å². The maximum atomic E-state index is 11.5. The summed E-state index contributed by atoms with van der Waals surface area (Å²) in [5.41, 5.74) is -0.103. The van der Waals surface area contributed by atoms with E-state index in [-0.39, 0.29) is 18.9 Å². The van der Waals surface area contributed by atoms with Gasteiger partial charge in [-0.25, -0.2) is 0 Å². The SMILES string of the molecule is CC(C)(O)CNC(=O)Cc1ccccc1Cl. The Kier molecular flexibility index (Phi) is 4.33. The molecule has 2 N–H and O–H groups in total. The number of nitrogens with one attached hydrogen (secondary N) is 1. The third-order valence-electron chi connectivity index (χ3n) is 2.03. The maximum absolute atomic E-state index is 11.5. The number of halogens is 1. The zero-order valence-corrected chi connectivity index (χ0v) is 10.2. The number of amides is 1. The van der Waals surface area contributed by atoms with Crippen molar-refractivity contribution in [2.75, 3.05) is 6.54 Å². The Morgan fingerprint density at radius 1 is 1.44 bits per heavy atom. The summed E-state index contributed by atoms with van der Waals surface area (Å²) in [6.07, 6.45) is 0.232. The van der Waals surface area contributed by atoms with Crippen LogP contribution in [0, 0.1) is 0 Å². The predicted octanol–water partition coefficient (Wildman–Crippen LogP) is 1.77. The van der Waals surface area contributed by atoms with Crippen LogP contribution in [0.1, 0.15) is 19.4 Å². The normalized spacial score (nSPS) is 11.2. The molecule has 0 aromatic heterocycles. The molecule has 1 amide bonds. The van der Waals surface area contributed by atoms with Gasteiger partial charge in [-0.15, -0.1) is 0 Å². The predicted molar refractivity (Wildman–Crippen MR) is 64.5 cm³/mol. The summed E-state index contributed by atoms with van der Waals surface area (Å²) >= 11 is 5.93. The minimum atomic E-state index is -0.893. The van der Waals surface area contributed by atoms with Gasteiger partial charge in [-0.1, -0.05) is 29.8 Å². The first-order valence-electron chi connectivity index (χ1n) is 5.11. The lowest BCUT2D eigenvalue weighted by Gasteiger charge is -2.17. The summed E-state index contributed by atoms with van der Waals surface area (Å²) in [5, 5.41) is 12.7. The second-order valence-corrected chi connectivity index (χ2v) is 4.76. The van der Waals surface area contributed by atoms with Crippen LogP contribution in [0.4, 0.5) is 0 Å². The van der Waals surface area contributed by atoms with Crippen molar-refractivity contribution < 1.29 is 9.90 Å². The fraction of sp³-hybridized carbons (Fsp3) is 0.417. The molecule has 3 nitrogen and oxygen atoms in total. The summed E-state index contributed by atoms with van der Waals surface area (Å²) in [4.78, 5) is 11.5. The highest BCUT2D eigenvalue weighted by atomic mass is 35.5. The molecule has 0 heterocycles. The molecule has 0 bridgehead atoms. The lowest BCUT2D eigenvalue weighted by molar-refractivity contribution is -0.121. The lowest BCUT2D eigenvalue weighted by Crippen LogP contribution is -2.38. The second kappa shape index (κ2) is 5.32. The van der Waals surface area contributed by atoms with E-state index in [1.54, 1.807) is 19.9 Å². The van der Waals surface area contributed by atoms with Crippen LogP contribution in [-0.2, 0) is 11.2 Å². The molecule has 0 aliphatic rings. The second-order valence-electron chi connectivity index (χ2n) is 4.36. The highest BCUT2D eigenvalue weighted by Crippen LogP contribution is 2.15. The molecule has 16 heavy (non-hydrogen) atoms. The van der Waals surface area contributed by atoms with Crippen LogP contribution < -0.4 is 5.32 Å². The van der Waals surface area contributed by atoms with E-state index >= 15 is 0 Å². The van der Waals surface area contributed by atoms with Crippen LogP contribution in [0.3, 0.4) is 0 Å². The van der Waals surface area contributed by atoms with Gasteiger partial charge in [0.15, 0.2) is 0 Å². The van der Waals surface area contributed by atoms with Crippen molar-refractivity contribution in [2.45, 2.75) is 25.9 Å². The van der Waals surface area contributed by atoms with Crippen molar-refractivity contribution in [3.8, 4) is 0 Å². The fourth-order valence-corrected chi connectivity index (χ4v) is 1.39. The number of hydrogen-bond donors (Lipinski definition) is 2. The average Bonchev–Trinajstić information content (AvgIpc) is 2.18. The first kappa shape index (κ1) is 13.0. The standard InChI is InChI=1S/C12H16ClNO2/c1-12(2,16)8-14-11(15)7-9-5-3-4-6-10(9)13/h3-6,16H,7-8H2,1-2H3,(H,14,15). The molecule has 4 heteroatoms. The Labute approximate surface area is 100 Å². The highest BCUT2D eigenvalue weighted by molar-refractivity contribution is 6.31. The molecule has 0 aliphatic heterocycles. The molecule has 1 rings (SSSR count). The Bertz CT molecular complexity index is 372. The number of aliphatic hydroxyl groups is 1. The lowest BCUT2D eigenvalue weighted by atomic mass is 10.1. The summed E-state index contributed by atoms with van der Waals surface area (Å²) in [5.74, 6) is -0.143. The molecule has 0 fully saturated rings. The van der Waals surface area contributed by atoms with E-state index in [9.17, 15) is 9.90 Å². The van der Waals surface area contributed by atoms with Gasteiger partial charge < -0.3 is 10.4 Å². The Morgan fingerprint density at radius 3 is 2.62 bits per heavy atom. The quantitative estimate of drug-likeness (QED) is 0.844. The zero-order chi connectivity index (χ0) is 12.2. The van der Waals surface area contributed by atoms with Gasteiger partial charge >= 0.3 is 0 Å². The van der Waals surface area contributed by atoms with Crippen LogP contribution >= 0.6 is 11.6 Å². The van der Waals surface area contributed by atoms with E-state index in [2.05, 4.69) is 5.32 Å². The van der Waals surface area contributed by atoms with E-state index in [1.165, 1.54) is 0 Å². The molecule has 1 aromatic rings. The van der Waals surface area contributed by atoms with E-state index in [1.807, 2.05) is 18.2 Å². The van der Waals surface area contributed by atoms with Crippen LogP contribution in [-0.4, -0.2) is 23.2 Å². The summed E-state index contributed by atoms with van der Waals surface area (Å²) in [7, 11) is 0. The zero-order valence-electron chi connectivity index (χ0n) is 9.46. The van der Waals surface area contributed by atoms with Crippen molar-refractivity contribution >= 4 is 17.5 Å².